The molecule has 1 aromatic rings. The van der Waals surface area contributed by atoms with E-state index in [0.717, 1.165) is 65.0 Å². The van der Waals surface area contributed by atoms with E-state index in [4.69, 9.17) is 0 Å². The number of sulfonamides is 1. The smallest absolute Gasteiger partial charge is 0.293 e. The van der Waals surface area contributed by atoms with Crippen molar-refractivity contribution in [3.8, 4) is 0 Å². The number of unbranched alkanes of at least 4 members (excludes halogenated alkanes) is 1. The molecule has 1 atom stereocenters. The standard InChI is InChI=1S/C22H37N5O4S/c1-3-24-13-15-25(16-14-24)11-5-4-10-23-21-9-8-20(17-22(21)27(28)29)32(30,31)26-12-6-7-19(2)18-26/h8-9,17,19,23H,3-7,10-16,18H2,1-2H3. The third kappa shape index (κ3) is 6.40. The van der Waals surface area contributed by atoms with E-state index in [9.17, 15) is 18.5 Å². The molecule has 2 fully saturated rings. The van der Waals surface area contributed by atoms with E-state index in [1.54, 1.807) is 0 Å². The summed E-state index contributed by atoms with van der Waals surface area (Å²) in [6.07, 6.45) is 3.74. The molecule has 9 nitrogen and oxygen atoms in total. The second-order valence-corrected chi connectivity index (χ2v) is 10.9. The van der Waals surface area contributed by atoms with Crippen LogP contribution in [0.5, 0.6) is 0 Å². The van der Waals surface area contributed by atoms with E-state index in [2.05, 4.69) is 22.0 Å². The zero-order valence-corrected chi connectivity index (χ0v) is 20.1. The van der Waals surface area contributed by atoms with Gasteiger partial charge in [-0.3, -0.25) is 10.1 Å². The molecule has 180 valence electrons. The third-order valence-electron chi connectivity index (χ3n) is 6.55. The van der Waals surface area contributed by atoms with Gasteiger partial charge in [0.1, 0.15) is 5.69 Å². The van der Waals surface area contributed by atoms with Crippen molar-refractivity contribution in [3.05, 3.63) is 28.3 Å². The summed E-state index contributed by atoms with van der Waals surface area (Å²) in [5, 5.41) is 14.8. The summed E-state index contributed by atoms with van der Waals surface area (Å²) in [7, 11) is -3.72. The second-order valence-electron chi connectivity index (χ2n) is 8.96. The molecule has 10 heteroatoms. The van der Waals surface area contributed by atoms with Crippen LogP contribution < -0.4 is 5.32 Å². The summed E-state index contributed by atoms with van der Waals surface area (Å²) >= 11 is 0. The summed E-state index contributed by atoms with van der Waals surface area (Å²) in [4.78, 5) is 16.0. The van der Waals surface area contributed by atoms with Crippen LogP contribution in [0.3, 0.4) is 0 Å². The van der Waals surface area contributed by atoms with Crippen molar-refractivity contribution in [2.24, 2.45) is 5.92 Å². The lowest BCUT2D eigenvalue weighted by Crippen LogP contribution is -2.46. The number of hydrogen-bond acceptors (Lipinski definition) is 7. The minimum absolute atomic E-state index is 0.00456. The van der Waals surface area contributed by atoms with Crippen LogP contribution in [0.15, 0.2) is 23.1 Å². The van der Waals surface area contributed by atoms with Crippen LogP contribution in [0.1, 0.15) is 39.5 Å². The zero-order valence-electron chi connectivity index (χ0n) is 19.3. The molecule has 2 aliphatic rings. The number of nitrogens with one attached hydrogen (secondary N) is 1. The number of benzene rings is 1. The van der Waals surface area contributed by atoms with Gasteiger partial charge in [0.05, 0.1) is 9.82 Å². The molecule has 1 N–H and O–H groups in total. The molecule has 0 aromatic heterocycles. The number of hydrogen-bond donors (Lipinski definition) is 1. The SMILES string of the molecule is CCN1CCN(CCCCNc2ccc(S(=O)(=O)N3CCCC(C)C3)cc2[N+](=O)[O-])CC1. The van der Waals surface area contributed by atoms with Crippen molar-refractivity contribution >= 4 is 21.4 Å². The normalized spacial score (nSPS) is 21.5. The van der Waals surface area contributed by atoms with Crippen molar-refractivity contribution in [3.63, 3.8) is 0 Å². The Morgan fingerprint density at radius 3 is 2.50 bits per heavy atom. The topological polar surface area (TPSA) is 99.0 Å². The summed E-state index contributed by atoms with van der Waals surface area (Å²) in [5.74, 6) is 0.296. The van der Waals surface area contributed by atoms with Crippen molar-refractivity contribution in [1.29, 1.82) is 0 Å². The lowest BCUT2D eigenvalue weighted by Gasteiger charge is -2.34. The maximum atomic E-state index is 13.0. The maximum absolute atomic E-state index is 13.0. The van der Waals surface area contributed by atoms with E-state index in [1.165, 1.54) is 22.5 Å². The fraction of sp³-hybridized carbons (Fsp3) is 0.727. The summed E-state index contributed by atoms with van der Waals surface area (Å²) in [6, 6.07) is 4.21. The third-order valence-corrected chi connectivity index (χ3v) is 8.41. The van der Waals surface area contributed by atoms with E-state index in [1.807, 2.05) is 6.92 Å². The average molecular weight is 468 g/mol. The number of anilines is 1. The molecule has 0 saturated carbocycles. The molecule has 1 aromatic carbocycles. The lowest BCUT2D eigenvalue weighted by atomic mass is 10.0. The van der Waals surface area contributed by atoms with Gasteiger partial charge in [-0.25, -0.2) is 8.42 Å². The first-order valence-electron chi connectivity index (χ1n) is 11.8. The van der Waals surface area contributed by atoms with Gasteiger partial charge in [0.2, 0.25) is 10.0 Å². The first kappa shape index (κ1) is 24.9. The molecule has 1 unspecified atom stereocenters. The summed E-state index contributed by atoms with van der Waals surface area (Å²) < 4.78 is 27.4. The highest BCUT2D eigenvalue weighted by Crippen LogP contribution is 2.30. The van der Waals surface area contributed by atoms with Crippen LogP contribution in [-0.2, 0) is 10.0 Å². The lowest BCUT2D eigenvalue weighted by molar-refractivity contribution is -0.384. The molecule has 0 bridgehead atoms. The van der Waals surface area contributed by atoms with Crippen molar-refractivity contribution < 1.29 is 13.3 Å². The number of nitro groups is 1. The van der Waals surface area contributed by atoms with E-state index >= 15 is 0 Å². The molecule has 0 amide bonds. The first-order chi connectivity index (χ1) is 15.3. The first-order valence-corrected chi connectivity index (χ1v) is 13.2. The Kier molecular flexibility index (Phi) is 8.87. The number of piperazine rings is 1. The Labute approximate surface area is 192 Å². The molecule has 2 heterocycles. The molecule has 2 saturated heterocycles. The van der Waals surface area contributed by atoms with Crippen LogP contribution in [0, 0.1) is 16.0 Å². The Hall–Kier alpha value is -1.75. The fourth-order valence-electron chi connectivity index (χ4n) is 4.50. The van der Waals surface area contributed by atoms with Gasteiger partial charge in [-0.05, 0) is 56.8 Å². The molecule has 0 aliphatic carbocycles. The predicted molar refractivity (Wildman–Crippen MR) is 127 cm³/mol. The van der Waals surface area contributed by atoms with E-state index in [-0.39, 0.29) is 10.6 Å². The average Bonchev–Trinajstić information content (AvgIpc) is 2.79. The Morgan fingerprint density at radius 1 is 1.12 bits per heavy atom. The fourth-order valence-corrected chi connectivity index (χ4v) is 6.12. The summed E-state index contributed by atoms with van der Waals surface area (Å²) in [5.41, 5.74) is 0.185. The zero-order chi connectivity index (χ0) is 23.1. The molecule has 0 spiro atoms. The van der Waals surface area contributed by atoms with Crippen LogP contribution in [0.4, 0.5) is 11.4 Å². The Balaban J connectivity index is 1.54. The van der Waals surface area contributed by atoms with Gasteiger partial charge >= 0.3 is 0 Å². The monoisotopic (exact) mass is 467 g/mol. The molecular weight excluding hydrogens is 430 g/mol. The van der Waals surface area contributed by atoms with Crippen molar-refractivity contribution in [2.75, 3.05) is 64.2 Å². The van der Waals surface area contributed by atoms with Crippen molar-refractivity contribution in [1.82, 2.24) is 14.1 Å². The number of nitro benzene ring substituents is 1. The van der Waals surface area contributed by atoms with Gasteiger partial charge in [-0.2, -0.15) is 4.31 Å². The van der Waals surface area contributed by atoms with Gasteiger partial charge in [-0.15, -0.1) is 0 Å². The number of nitrogens with zero attached hydrogens (tertiary/aromatic N) is 4. The van der Waals surface area contributed by atoms with Crippen LogP contribution in [-0.4, -0.2) is 86.3 Å². The van der Waals surface area contributed by atoms with Gasteiger partial charge in [0.25, 0.3) is 5.69 Å². The second kappa shape index (κ2) is 11.4. The highest BCUT2D eigenvalue weighted by atomic mass is 32.2. The number of rotatable bonds is 10. The molecule has 32 heavy (non-hydrogen) atoms. The molecule has 2 aliphatic heterocycles. The largest absolute Gasteiger partial charge is 0.379 e. The maximum Gasteiger partial charge on any atom is 0.293 e. The van der Waals surface area contributed by atoms with Crippen LogP contribution >= 0.6 is 0 Å². The molecule has 0 radical (unpaired) electrons. The van der Waals surface area contributed by atoms with Gasteiger partial charge in [0.15, 0.2) is 0 Å². The predicted octanol–water partition coefficient (Wildman–Crippen LogP) is 2.85. The highest BCUT2D eigenvalue weighted by molar-refractivity contribution is 7.89. The van der Waals surface area contributed by atoms with Crippen LogP contribution in [0.2, 0.25) is 0 Å². The minimum Gasteiger partial charge on any atom is -0.379 e. The Bertz CT molecular complexity index is 871. The highest BCUT2D eigenvalue weighted by Gasteiger charge is 2.30. The Morgan fingerprint density at radius 2 is 1.84 bits per heavy atom. The van der Waals surface area contributed by atoms with Crippen molar-refractivity contribution in [2.45, 2.75) is 44.4 Å². The van der Waals surface area contributed by atoms with Gasteiger partial charge in [-0.1, -0.05) is 13.8 Å². The van der Waals surface area contributed by atoms with E-state index in [0.29, 0.717) is 31.2 Å². The number of piperidine rings is 1. The van der Waals surface area contributed by atoms with Gasteiger partial charge in [0, 0.05) is 51.9 Å². The minimum atomic E-state index is -3.72. The van der Waals surface area contributed by atoms with Crippen LogP contribution in [0.25, 0.3) is 0 Å². The van der Waals surface area contributed by atoms with E-state index < -0.39 is 14.9 Å². The van der Waals surface area contributed by atoms with Gasteiger partial charge < -0.3 is 15.1 Å². The summed E-state index contributed by atoms with van der Waals surface area (Å²) in [6.45, 7) is 12.3. The quantitative estimate of drug-likeness (QED) is 0.321. The number of likely N-dealkylation sites (N-methyl/N-ethyl adjacent to an activating group) is 1. The molecular formula is C22H37N5O4S. The molecule has 3 rings (SSSR count).